The molecule has 0 aliphatic carbocycles. The summed E-state index contributed by atoms with van der Waals surface area (Å²) in [5, 5.41) is 0. The lowest BCUT2D eigenvalue weighted by atomic mass is 9.85. The quantitative estimate of drug-likeness (QED) is 0.359. The number of benzene rings is 2. The van der Waals surface area contributed by atoms with E-state index in [0.717, 1.165) is 31.1 Å². The molecule has 0 atom stereocenters. The minimum absolute atomic E-state index is 0.0376. The van der Waals surface area contributed by atoms with Gasteiger partial charge in [0.15, 0.2) is 0 Å². The summed E-state index contributed by atoms with van der Waals surface area (Å²) in [5.74, 6) is 0.636. The molecule has 0 N–H and O–H groups in total. The topological polar surface area (TPSA) is 29.5 Å². The fraction of sp³-hybridized carbons (Fsp3) is 0.238. The number of methoxy groups -OCH3 is 1. The first-order valence-corrected chi connectivity index (χ1v) is 11.1. The van der Waals surface area contributed by atoms with E-state index in [1.54, 1.807) is 33.9 Å². The average molecular weight is 414 g/mol. The Balaban J connectivity index is 1.98. The van der Waals surface area contributed by atoms with E-state index >= 15 is 0 Å². The van der Waals surface area contributed by atoms with Crippen LogP contribution in [0.15, 0.2) is 42.5 Å². The molecule has 1 amide bonds. The molecular formula is C21H19NO2S3. The standard InChI is InChI=1S/C21H19NO2S3/c1-12-7-5-10-15-16-18(26-27-20(16)25)21(2,3)22(17(12)15)19(23)13-8-6-9-14(11-13)24-4/h5-11H,1-4H3. The number of hydrogen-bond donors (Lipinski definition) is 0. The second-order valence-electron chi connectivity index (χ2n) is 7.06. The van der Waals surface area contributed by atoms with Crippen molar-refractivity contribution in [2.24, 2.45) is 0 Å². The Kier molecular flexibility index (Phi) is 4.45. The summed E-state index contributed by atoms with van der Waals surface area (Å²) < 4.78 is 6.21. The van der Waals surface area contributed by atoms with Crippen molar-refractivity contribution in [1.82, 2.24) is 0 Å². The number of amides is 1. The SMILES string of the molecule is COc1cccc(C(=O)N2c3c(C)cccc3-c3c(ssc3=S)C2(C)C)c1. The van der Waals surface area contributed by atoms with E-state index in [1.165, 1.54) is 0 Å². The Labute approximate surface area is 171 Å². The van der Waals surface area contributed by atoms with Crippen molar-refractivity contribution >= 4 is 44.5 Å². The number of anilines is 1. The first-order chi connectivity index (χ1) is 12.9. The van der Waals surface area contributed by atoms with Crippen LogP contribution >= 0.6 is 32.9 Å². The Morgan fingerprint density at radius 2 is 1.89 bits per heavy atom. The maximum Gasteiger partial charge on any atom is 0.259 e. The second-order valence-corrected chi connectivity index (χ2v) is 9.88. The molecular weight excluding hydrogens is 394 g/mol. The normalized spacial score (nSPS) is 14.4. The highest BCUT2D eigenvalue weighted by molar-refractivity contribution is 7.80. The van der Waals surface area contributed by atoms with Gasteiger partial charge in [-0.25, -0.2) is 0 Å². The summed E-state index contributed by atoms with van der Waals surface area (Å²) in [6, 6.07) is 13.5. The van der Waals surface area contributed by atoms with Gasteiger partial charge >= 0.3 is 0 Å². The summed E-state index contributed by atoms with van der Waals surface area (Å²) in [7, 11) is 4.89. The monoisotopic (exact) mass is 413 g/mol. The van der Waals surface area contributed by atoms with Crippen LogP contribution in [0.4, 0.5) is 5.69 Å². The van der Waals surface area contributed by atoms with Gasteiger partial charge < -0.3 is 4.74 Å². The van der Waals surface area contributed by atoms with E-state index in [9.17, 15) is 4.79 Å². The van der Waals surface area contributed by atoms with Gasteiger partial charge in [0, 0.05) is 16.7 Å². The minimum atomic E-state index is -0.493. The van der Waals surface area contributed by atoms with Gasteiger partial charge in [-0.3, -0.25) is 9.69 Å². The molecule has 2 heterocycles. The zero-order valence-corrected chi connectivity index (χ0v) is 18.0. The van der Waals surface area contributed by atoms with E-state index in [1.807, 2.05) is 42.2 Å². The van der Waals surface area contributed by atoms with E-state index in [0.29, 0.717) is 11.3 Å². The lowest BCUT2D eigenvalue weighted by molar-refractivity contribution is 0.0961. The van der Waals surface area contributed by atoms with Crippen molar-refractivity contribution in [3.05, 3.63) is 62.3 Å². The van der Waals surface area contributed by atoms with Crippen molar-refractivity contribution < 1.29 is 9.53 Å². The van der Waals surface area contributed by atoms with E-state index in [2.05, 4.69) is 19.9 Å². The van der Waals surface area contributed by atoms with E-state index in [-0.39, 0.29) is 5.91 Å². The summed E-state index contributed by atoms with van der Waals surface area (Å²) in [6.45, 7) is 6.24. The predicted octanol–water partition coefficient (Wildman–Crippen LogP) is 6.42. The largest absolute Gasteiger partial charge is 0.497 e. The molecule has 0 saturated heterocycles. The molecule has 0 saturated carbocycles. The van der Waals surface area contributed by atoms with Gasteiger partial charge in [-0.1, -0.05) is 57.2 Å². The summed E-state index contributed by atoms with van der Waals surface area (Å²) >= 11 is 5.63. The molecule has 0 unspecified atom stereocenters. The maximum absolute atomic E-state index is 13.7. The number of aryl methyl sites for hydroxylation is 1. The van der Waals surface area contributed by atoms with Crippen LogP contribution in [0.25, 0.3) is 11.1 Å². The lowest BCUT2D eigenvalue weighted by Gasteiger charge is -2.43. The smallest absolute Gasteiger partial charge is 0.259 e. The number of hydrogen-bond acceptors (Lipinski definition) is 5. The predicted molar refractivity (Wildman–Crippen MR) is 116 cm³/mol. The lowest BCUT2D eigenvalue weighted by Crippen LogP contribution is -2.48. The minimum Gasteiger partial charge on any atom is -0.497 e. The third-order valence-corrected chi connectivity index (χ3v) is 8.33. The molecule has 6 heteroatoms. The molecule has 1 aromatic heterocycles. The number of rotatable bonds is 2. The molecule has 0 fully saturated rings. The molecule has 4 rings (SSSR count). The van der Waals surface area contributed by atoms with Crippen molar-refractivity contribution in [3.63, 3.8) is 0 Å². The van der Waals surface area contributed by atoms with Gasteiger partial charge in [-0.2, -0.15) is 0 Å². The van der Waals surface area contributed by atoms with Crippen LogP contribution in [0.3, 0.4) is 0 Å². The fourth-order valence-electron chi connectivity index (χ4n) is 3.67. The Morgan fingerprint density at radius 3 is 2.63 bits per heavy atom. The zero-order valence-electron chi connectivity index (χ0n) is 15.5. The highest BCUT2D eigenvalue weighted by atomic mass is 32.9. The Hall–Kier alpha value is -2.02. The van der Waals surface area contributed by atoms with Crippen molar-refractivity contribution in [2.75, 3.05) is 12.0 Å². The van der Waals surface area contributed by atoms with Gasteiger partial charge in [0.05, 0.1) is 23.2 Å². The molecule has 27 heavy (non-hydrogen) atoms. The first kappa shape index (κ1) is 18.3. The van der Waals surface area contributed by atoms with Crippen LogP contribution in [0.2, 0.25) is 0 Å². The molecule has 138 valence electrons. The van der Waals surface area contributed by atoms with Crippen LogP contribution in [-0.4, -0.2) is 13.0 Å². The van der Waals surface area contributed by atoms with Crippen molar-refractivity contribution in [1.29, 1.82) is 0 Å². The molecule has 0 radical (unpaired) electrons. The van der Waals surface area contributed by atoms with Gasteiger partial charge in [0.1, 0.15) is 9.57 Å². The third kappa shape index (κ3) is 2.74. The number of carbonyl (C=O) groups is 1. The fourth-order valence-corrected chi connectivity index (χ4v) is 6.96. The van der Waals surface area contributed by atoms with Gasteiger partial charge in [0.2, 0.25) is 0 Å². The number of nitrogens with zero attached hydrogens (tertiary/aromatic N) is 1. The zero-order chi connectivity index (χ0) is 19.3. The maximum atomic E-state index is 13.7. The summed E-state index contributed by atoms with van der Waals surface area (Å²) in [4.78, 5) is 16.7. The van der Waals surface area contributed by atoms with Crippen molar-refractivity contribution in [2.45, 2.75) is 26.3 Å². The molecule has 1 aliphatic heterocycles. The molecule has 3 aromatic rings. The van der Waals surface area contributed by atoms with E-state index < -0.39 is 5.54 Å². The Bertz CT molecular complexity index is 1110. The summed E-state index contributed by atoms with van der Waals surface area (Å²) in [5.41, 5.74) is 4.28. The summed E-state index contributed by atoms with van der Waals surface area (Å²) in [6.07, 6.45) is 0. The number of para-hydroxylation sites is 1. The number of fused-ring (bicyclic) bond motifs is 3. The molecule has 0 bridgehead atoms. The number of ether oxygens (including phenoxy) is 1. The van der Waals surface area contributed by atoms with Gasteiger partial charge in [0.25, 0.3) is 5.91 Å². The van der Waals surface area contributed by atoms with Crippen LogP contribution in [0, 0.1) is 10.7 Å². The molecule has 3 nitrogen and oxygen atoms in total. The van der Waals surface area contributed by atoms with Crippen LogP contribution in [-0.2, 0) is 5.54 Å². The van der Waals surface area contributed by atoms with Crippen LogP contribution in [0.5, 0.6) is 5.75 Å². The third-order valence-electron chi connectivity index (χ3n) is 5.00. The van der Waals surface area contributed by atoms with E-state index in [4.69, 9.17) is 17.0 Å². The first-order valence-electron chi connectivity index (χ1n) is 8.58. The second kappa shape index (κ2) is 6.55. The van der Waals surface area contributed by atoms with Gasteiger partial charge in [-0.15, -0.1) is 0 Å². The molecule has 2 aromatic carbocycles. The molecule has 0 spiro atoms. The highest BCUT2D eigenvalue weighted by Crippen LogP contribution is 2.53. The van der Waals surface area contributed by atoms with Crippen LogP contribution < -0.4 is 9.64 Å². The molecule has 1 aliphatic rings. The Morgan fingerprint density at radius 1 is 1.15 bits per heavy atom. The van der Waals surface area contributed by atoms with Gasteiger partial charge in [-0.05, 0) is 44.5 Å². The highest BCUT2D eigenvalue weighted by Gasteiger charge is 2.43. The number of carbonyl (C=O) groups excluding carboxylic acids is 1. The van der Waals surface area contributed by atoms with Crippen molar-refractivity contribution in [3.8, 4) is 16.9 Å². The average Bonchev–Trinajstić information content (AvgIpc) is 3.05. The van der Waals surface area contributed by atoms with Crippen LogP contribution in [0.1, 0.15) is 34.6 Å².